The van der Waals surface area contributed by atoms with Gasteiger partial charge in [0.2, 0.25) is 0 Å². The molecule has 1 unspecified atom stereocenters. The van der Waals surface area contributed by atoms with E-state index in [1.807, 2.05) is 0 Å². The van der Waals surface area contributed by atoms with Gasteiger partial charge in [0.1, 0.15) is 12.6 Å². The van der Waals surface area contributed by atoms with E-state index < -0.39 is 29.1 Å². The zero-order chi connectivity index (χ0) is 13.1. The number of hydrogen-bond acceptors (Lipinski definition) is 6. The Balaban J connectivity index is -0.0000000646. The van der Waals surface area contributed by atoms with Crippen molar-refractivity contribution < 1.29 is 31.0 Å². The number of carboxylic acids is 1. The molecule has 104 valence electrons. The molecule has 0 aliphatic rings. The van der Waals surface area contributed by atoms with E-state index >= 15 is 0 Å². The Kier molecular flexibility index (Phi) is 17.0. The summed E-state index contributed by atoms with van der Waals surface area (Å²) in [6.45, 7) is 1.20. The first-order valence-electron chi connectivity index (χ1n) is 4.20. The van der Waals surface area contributed by atoms with Crippen LogP contribution in [0.2, 0.25) is 0 Å². The molecule has 0 aromatic carbocycles. The molecular weight excluding hydrogens is 272 g/mol. The number of rotatable bonds is 5. The Bertz CT molecular complexity index is 260. The van der Waals surface area contributed by atoms with Crippen molar-refractivity contribution in [1.29, 1.82) is 0 Å². The van der Waals surface area contributed by atoms with Gasteiger partial charge in [-0.05, 0) is 0 Å². The van der Waals surface area contributed by atoms with Crippen molar-refractivity contribution in [3.05, 3.63) is 0 Å². The minimum atomic E-state index is -1.69. The van der Waals surface area contributed by atoms with Gasteiger partial charge in [0.25, 0.3) is 0 Å². The molecule has 0 bridgehead atoms. The zero-order valence-corrected chi connectivity index (χ0v) is 10.8. The lowest BCUT2D eigenvalue weighted by Gasteiger charge is -2.04. The number of hydrogen-bond donors (Lipinski definition) is 4. The van der Waals surface area contributed by atoms with E-state index in [-0.39, 0.29) is 35.3 Å². The number of ether oxygens (including phenoxy) is 1. The van der Waals surface area contributed by atoms with E-state index in [0.29, 0.717) is 0 Å². The van der Waals surface area contributed by atoms with Crippen LogP contribution in [0.1, 0.15) is 9.78 Å². The maximum Gasteiger partial charge on any atom is 1.00 e. The molecule has 0 saturated heterocycles. The number of esters is 1. The third kappa shape index (κ3) is 21.2. The lowest BCUT2D eigenvalue weighted by atomic mass is 10.3. The second-order valence-electron chi connectivity index (χ2n) is 2.56. The van der Waals surface area contributed by atoms with E-state index in [9.17, 15) is 13.8 Å². The highest BCUT2D eigenvalue weighted by Gasteiger charge is 2.11. The van der Waals surface area contributed by atoms with Gasteiger partial charge in [-0.3, -0.25) is 9.59 Å². The van der Waals surface area contributed by atoms with Gasteiger partial charge < -0.3 is 39.4 Å². The fraction of sp³-hybridized carbons (Fsp3) is 0.714. The highest BCUT2D eigenvalue weighted by atomic mass is 32.2. The number of carbonyl (C=O) groups is 2. The summed E-state index contributed by atoms with van der Waals surface area (Å²) in [6.07, 6.45) is 0. The van der Waals surface area contributed by atoms with Gasteiger partial charge >= 0.3 is 14.8 Å². The second kappa shape index (κ2) is 13.4. The summed E-state index contributed by atoms with van der Waals surface area (Å²) in [5.41, 5.74) is 9.86. The highest BCUT2D eigenvalue weighted by Crippen LogP contribution is 1.82. The van der Waals surface area contributed by atoms with Crippen LogP contribution >= 0.6 is 0 Å². The third-order valence-corrected chi connectivity index (χ3v) is 1.66. The predicted molar refractivity (Wildman–Crippen MR) is 66.5 cm³/mol. The standard InChI is InChI=1S/C5H9NO4.C2H7NO2S.S/c1-3(7)10-2-4(6)5(8)9;3-1-2-6(4)5;/h4H,2,6H2,1H3,(H,8,9);1-3H2,(H,4,5);/q;;-2/p+2/t4-;;/m0../s1. The Labute approximate surface area is 111 Å². The maximum absolute atomic E-state index is 10.1. The molecule has 10 heteroatoms. The van der Waals surface area contributed by atoms with Crippen molar-refractivity contribution in [1.82, 2.24) is 0 Å². The fourth-order valence-corrected chi connectivity index (χ4v) is 0.581. The molecule has 0 spiro atoms. The average molecular weight is 290 g/mol. The van der Waals surface area contributed by atoms with Crippen molar-refractivity contribution in [2.24, 2.45) is 11.5 Å². The van der Waals surface area contributed by atoms with Gasteiger partial charge in [-0.25, -0.2) is 4.21 Å². The maximum atomic E-state index is 10.1. The summed E-state index contributed by atoms with van der Waals surface area (Å²) in [5.74, 6) is -1.53. The largest absolute Gasteiger partial charge is 2.00 e. The molecule has 2 atom stereocenters. The normalized spacial score (nSPS) is 12.2. The molecule has 0 aliphatic carbocycles. The van der Waals surface area contributed by atoms with Crippen LogP contribution in [0.5, 0.6) is 0 Å². The second-order valence-corrected chi connectivity index (χ2v) is 3.61. The van der Waals surface area contributed by atoms with Crippen LogP contribution in [-0.4, -0.2) is 50.8 Å². The van der Waals surface area contributed by atoms with Gasteiger partial charge in [0, 0.05) is 13.5 Å². The first kappa shape index (κ1) is 21.6. The van der Waals surface area contributed by atoms with E-state index in [4.69, 9.17) is 21.1 Å². The van der Waals surface area contributed by atoms with Crippen molar-refractivity contribution >= 4 is 36.5 Å². The summed E-state index contributed by atoms with van der Waals surface area (Å²) >= 11 is -1.69. The van der Waals surface area contributed by atoms with Crippen molar-refractivity contribution in [2.75, 3.05) is 18.9 Å². The summed E-state index contributed by atoms with van der Waals surface area (Å²) in [7, 11) is 0. The van der Waals surface area contributed by atoms with Crippen molar-refractivity contribution in [2.45, 2.75) is 13.0 Å². The zero-order valence-electron chi connectivity index (χ0n) is 11.2. The van der Waals surface area contributed by atoms with Gasteiger partial charge in [0.15, 0.2) is 11.1 Å². The smallest absolute Gasteiger partial charge is 1.00 e. The number of nitrogens with two attached hydrogens (primary N) is 2. The molecule has 0 amide bonds. The van der Waals surface area contributed by atoms with Crippen LogP contribution in [0.15, 0.2) is 0 Å². The topological polar surface area (TPSA) is 153 Å². The Morgan fingerprint density at radius 1 is 1.53 bits per heavy atom. The SMILES string of the molecule is CC(=O)OC[C@H](N)C(=O)O.NCCS(=O)O.[H+].[H+].[S-2]. The molecule has 0 heterocycles. The van der Waals surface area contributed by atoms with E-state index in [1.54, 1.807) is 0 Å². The Hall–Kier alpha value is -0.680. The first-order chi connectivity index (χ1) is 7.31. The molecule has 0 saturated carbocycles. The first-order valence-corrected chi connectivity index (χ1v) is 5.48. The minimum Gasteiger partial charge on any atom is -2.00 e. The lowest BCUT2D eigenvalue weighted by molar-refractivity contribution is -0.146. The molecule has 6 N–H and O–H groups in total. The number of carbonyl (C=O) groups excluding carboxylic acids is 1. The fourth-order valence-electron chi connectivity index (χ4n) is 0.379. The van der Waals surface area contributed by atoms with Crippen LogP contribution in [0.3, 0.4) is 0 Å². The molecule has 0 fully saturated rings. The van der Waals surface area contributed by atoms with Gasteiger partial charge in [0.05, 0.1) is 5.75 Å². The molecule has 0 aromatic rings. The van der Waals surface area contributed by atoms with Gasteiger partial charge in [-0.1, -0.05) is 0 Å². The summed E-state index contributed by atoms with van der Waals surface area (Å²) < 4.78 is 21.9. The quantitative estimate of drug-likeness (QED) is 0.347. The van der Waals surface area contributed by atoms with Crippen molar-refractivity contribution in [3.8, 4) is 0 Å². The van der Waals surface area contributed by atoms with E-state index in [1.165, 1.54) is 6.92 Å². The average Bonchev–Trinajstić information content (AvgIpc) is 2.14. The molecule has 17 heavy (non-hydrogen) atoms. The van der Waals surface area contributed by atoms with Crippen LogP contribution in [0, 0.1) is 0 Å². The van der Waals surface area contributed by atoms with Crippen LogP contribution in [0.25, 0.3) is 0 Å². The third-order valence-electron chi connectivity index (χ3n) is 1.08. The summed E-state index contributed by atoms with van der Waals surface area (Å²) in [5, 5.41) is 8.18. The monoisotopic (exact) mass is 290 g/mol. The molecule has 0 aromatic heterocycles. The van der Waals surface area contributed by atoms with Gasteiger partial charge in [-0.2, -0.15) is 0 Å². The van der Waals surface area contributed by atoms with Gasteiger partial charge in [-0.15, -0.1) is 0 Å². The summed E-state index contributed by atoms with van der Waals surface area (Å²) in [4.78, 5) is 20.1. The van der Waals surface area contributed by atoms with Crippen molar-refractivity contribution in [3.63, 3.8) is 0 Å². The lowest BCUT2D eigenvalue weighted by Crippen LogP contribution is -2.35. The summed E-state index contributed by atoms with van der Waals surface area (Å²) in [6, 6.07) is -1.12. The highest BCUT2D eigenvalue weighted by molar-refractivity contribution is 7.79. The number of carboxylic acid groups (broad SMARTS) is 1. The van der Waals surface area contributed by atoms with Crippen LogP contribution in [0.4, 0.5) is 0 Å². The Morgan fingerprint density at radius 3 is 2.18 bits per heavy atom. The number of aliphatic carboxylic acids is 1. The molecule has 8 nitrogen and oxygen atoms in total. The molecule has 0 aliphatic heterocycles. The van der Waals surface area contributed by atoms with Crippen LogP contribution < -0.4 is 11.5 Å². The predicted octanol–water partition coefficient (Wildman–Crippen LogP) is -1.65. The minimum absolute atomic E-state index is 0. The molecular formula is C7H18N2O6S2. The van der Waals surface area contributed by atoms with Crippen LogP contribution in [-0.2, 0) is 38.9 Å². The molecule has 0 radical (unpaired) electrons. The molecule has 0 rings (SSSR count). The Morgan fingerprint density at radius 2 is 2.00 bits per heavy atom. The van der Waals surface area contributed by atoms with E-state index in [2.05, 4.69) is 4.74 Å². The van der Waals surface area contributed by atoms with E-state index in [0.717, 1.165) is 0 Å².